The summed E-state index contributed by atoms with van der Waals surface area (Å²) in [5.74, 6) is -1.50. The summed E-state index contributed by atoms with van der Waals surface area (Å²) in [6.45, 7) is 2.99. The standard InChI is InChI=1S/C22H21F2N7OS.H2O4S/c1-14(22(32,10-31-13-27-12-28-31)17-3-2-16(23)6-18(17)24)30-5-4-19-20(9-30)33-21(29-19)15-7-25-11-26-8-15;1-5(2,3)4/h2-3,6-8,11-14,32H,4-5,9-10H2,1H3;(H2,1,2,3,4)/t14-,22-;/m1./s1. The molecule has 16 heteroatoms. The van der Waals surface area contributed by atoms with Crippen molar-refractivity contribution in [3.8, 4) is 10.6 Å². The monoisotopic (exact) mass is 567 g/mol. The molecule has 1 aliphatic rings. The number of nitrogens with zero attached hydrogens (tertiary/aromatic N) is 7. The van der Waals surface area contributed by atoms with E-state index < -0.39 is 33.7 Å². The highest BCUT2D eigenvalue weighted by atomic mass is 32.3. The molecule has 4 heterocycles. The Balaban J connectivity index is 0.000000617. The van der Waals surface area contributed by atoms with Crippen LogP contribution >= 0.6 is 11.3 Å². The first kappa shape index (κ1) is 27.7. The van der Waals surface area contributed by atoms with Crippen molar-refractivity contribution in [3.05, 3.63) is 77.3 Å². The molecule has 1 aliphatic heterocycles. The summed E-state index contributed by atoms with van der Waals surface area (Å²) in [4.78, 5) is 20.0. The number of thiazole rings is 1. The minimum atomic E-state index is -4.67. The van der Waals surface area contributed by atoms with E-state index in [1.54, 1.807) is 23.7 Å². The molecule has 0 saturated heterocycles. The Morgan fingerprint density at radius 1 is 1.16 bits per heavy atom. The zero-order valence-corrected chi connectivity index (χ0v) is 21.5. The van der Waals surface area contributed by atoms with Crippen LogP contribution in [0.25, 0.3) is 10.6 Å². The lowest BCUT2D eigenvalue weighted by Crippen LogP contribution is -2.53. The fraction of sp³-hybridized carbons (Fsp3) is 0.318. The molecule has 38 heavy (non-hydrogen) atoms. The molecule has 0 radical (unpaired) electrons. The molecule has 4 aromatic rings. The maximum absolute atomic E-state index is 14.8. The largest absolute Gasteiger partial charge is 0.394 e. The topological polar surface area (TPSA) is 167 Å². The third-order valence-corrected chi connectivity index (χ3v) is 7.21. The van der Waals surface area contributed by atoms with Gasteiger partial charge in [0, 0.05) is 60.0 Å². The van der Waals surface area contributed by atoms with Gasteiger partial charge in [-0.2, -0.15) is 13.5 Å². The summed E-state index contributed by atoms with van der Waals surface area (Å²) < 4.78 is 61.5. The van der Waals surface area contributed by atoms with Crippen LogP contribution in [0, 0.1) is 11.6 Å². The molecule has 0 saturated carbocycles. The maximum atomic E-state index is 14.8. The van der Waals surface area contributed by atoms with Crippen molar-refractivity contribution < 1.29 is 31.4 Å². The number of hydrogen-bond donors (Lipinski definition) is 3. The fourth-order valence-corrected chi connectivity index (χ4v) is 5.33. The Morgan fingerprint density at radius 2 is 1.87 bits per heavy atom. The van der Waals surface area contributed by atoms with E-state index in [9.17, 15) is 13.9 Å². The van der Waals surface area contributed by atoms with Crippen LogP contribution in [0.2, 0.25) is 0 Å². The van der Waals surface area contributed by atoms with Crippen LogP contribution < -0.4 is 0 Å². The highest BCUT2D eigenvalue weighted by Gasteiger charge is 2.43. The van der Waals surface area contributed by atoms with Crippen LogP contribution in [0.15, 0.2) is 49.6 Å². The molecular weight excluding hydrogens is 544 g/mol. The third kappa shape index (κ3) is 6.58. The molecule has 12 nitrogen and oxygen atoms in total. The smallest absolute Gasteiger partial charge is 0.381 e. The van der Waals surface area contributed by atoms with E-state index in [2.05, 4.69) is 25.0 Å². The first-order valence-electron chi connectivity index (χ1n) is 11.1. The van der Waals surface area contributed by atoms with Crippen LogP contribution in [0.1, 0.15) is 23.1 Å². The minimum absolute atomic E-state index is 0.0177. The minimum Gasteiger partial charge on any atom is -0.381 e. The molecule has 202 valence electrons. The molecule has 1 aromatic carbocycles. The predicted octanol–water partition coefficient (Wildman–Crippen LogP) is 2.15. The number of aromatic nitrogens is 6. The summed E-state index contributed by atoms with van der Waals surface area (Å²) in [5.41, 5.74) is 0.204. The van der Waals surface area contributed by atoms with Gasteiger partial charge < -0.3 is 5.11 Å². The highest BCUT2D eigenvalue weighted by Crippen LogP contribution is 2.37. The van der Waals surface area contributed by atoms with E-state index in [1.807, 2.05) is 6.92 Å². The molecule has 0 bridgehead atoms. The molecule has 3 aromatic heterocycles. The third-order valence-electron chi connectivity index (χ3n) is 6.07. The van der Waals surface area contributed by atoms with Crippen molar-refractivity contribution in [1.29, 1.82) is 0 Å². The molecule has 0 fully saturated rings. The van der Waals surface area contributed by atoms with Gasteiger partial charge in [-0.25, -0.2) is 33.4 Å². The van der Waals surface area contributed by atoms with E-state index >= 15 is 0 Å². The number of aliphatic hydroxyl groups is 1. The Labute approximate surface area is 220 Å². The van der Waals surface area contributed by atoms with Crippen molar-refractivity contribution in [3.63, 3.8) is 0 Å². The quantitative estimate of drug-likeness (QED) is 0.292. The molecule has 5 rings (SSSR count). The second kappa shape index (κ2) is 11.2. The normalized spacial score (nSPS) is 16.2. The Kier molecular flexibility index (Phi) is 8.19. The maximum Gasteiger partial charge on any atom is 0.394 e. The second-order valence-electron chi connectivity index (χ2n) is 8.50. The van der Waals surface area contributed by atoms with E-state index in [4.69, 9.17) is 22.5 Å². The number of fused-ring (bicyclic) bond motifs is 1. The number of hydrogen-bond acceptors (Lipinski definition) is 10. The fourth-order valence-electron chi connectivity index (χ4n) is 4.23. The van der Waals surface area contributed by atoms with Gasteiger partial charge in [-0.3, -0.25) is 14.0 Å². The van der Waals surface area contributed by atoms with Gasteiger partial charge >= 0.3 is 10.4 Å². The molecule has 3 N–H and O–H groups in total. The average molecular weight is 568 g/mol. The predicted molar refractivity (Wildman–Crippen MR) is 131 cm³/mol. The summed E-state index contributed by atoms with van der Waals surface area (Å²) in [7, 11) is -4.67. The van der Waals surface area contributed by atoms with E-state index in [-0.39, 0.29) is 12.1 Å². The van der Waals surface area contributed by atoms with Gasteiger partial charge in [-0.15, -0.1) is 11.3 Å². The highest BCUT2D eigenvalue weighted by molar-refractivity contribution is 7.79. The Bertz CT molecular complexity index is 1480. The number of benzene rings is 1. The van der Waals surface area contributed by atoms with Crippen LogP contribution in [-0.4, -0.2) is 69.8 Å². The molecular formula is C22H23F2N7O5S2. The Hall–Kier alpha value is -3.28. The Morgan fingerprint density at radius 3 is 2.50 bits per heavy atom. The van der Waals surface area contributed by atoms with Crippen molar-refractivity contribution in [1.82, 2.24) is 34.6 Å². The molecule has 0 amide bonds. The number of rotatable bonds is 6. The first-order chi connectivity index (χ1) is 17.9. The van der Waals surface area contributed by atoms with Crippen molar-refractivity contribution in [2.75, 3.05) is 6.54 Å². The van der Waals surface area contributed by atoms with Crippen molar-refractivity contribution in [2.45, 2.75) is 38.1 Å². The summed E-state index contributed by atoms with van der Waals surface area (Å²) >= 11 is 1.56. The van der Waals surface area contributed by atoms with Crippen LogP contribution in [0.3, 0.4) is 0 Å². The van der Waals surface area contributed by atoms with Gasteiger partial charge in [-0.1, -0.05) is 6.07 Å². The van der Waals surface area contributed by atoms with Crippen molar-refractivity contribution >= 4 is 21.7 Å². The van der Waals surface area contributed by atoms with Crippen LogP contribution in [0.5, 0.6) is 0 Å². The van der Waals surface area contributed by atoms with Gasteiger partial charge in [-0.05, 0) is 13.0 Å². The van der Waals surface area contributed by atoms with Gasteiger partial charge in [0.15, 0.2) is 0 Å². The molecule has 0 aliphatic carbocycles. The van der Waals surface area contributed by atoms with Gasteiger partial charge in [0.25, 0.3) is 0 Å². The zero-order chi connectivity index (χ0) is 27.5. The first-order valence-corrected chi connectivity index (χ1v) is 13.3. The lowest BCUT2D eigenvalue weighted by molar-refractivity contribution is -0.0675. The summed E-state index contributed by atoms with van der Waals surface area (Å²) in [5, 5.41) is 16.8. The number of halogens is 2. The summed E-state index contributed by atoms with van der Waals surface area (Å²) in [6.07, 6.45) is 8.44. The van der Waals surface area contributed by atoms with Gasteiger partial charge in [0.1, 0.15) is 41.2 Å². The van der Waals surface area contributed by atoms with E-state index in [1.165, 1.54) is 29.7 Å². The average Bonchev–Trinajstić information content (AvgIpc) is 3.52. The lowest BCUT2D eigenvalue weighted by atomic mass is 9.85. The van der Waals surface area contributed by atoms with E-state index in [0.717, 1.165) is 33.3 Å². The second-order valence-corrected chi connectivity index (χ2v) is 10.5. The SMILES string of the molecule is C[C@@H](N1CCc2nc(-c3cncnc3)sc2C1)[C@](O)(Cn1cncn1)c1ccc(F)cc1F.O=S(=O)(O)O. The zero-order valence-electron chi connectivity index (χ0n) is 19.9. The molecule has 0 unspecified atom stereocenters. The van der Waals surface area contributed by atoms with Gasteiger partial charge in [0.05, 0.1) is 12.2 Å². The van der Waals surface area contributed by atoms with Crippen LogP contribution in [-0.2, 0) is 35.5 Å². The summed E-state index contributed by atoms with van der Waals surface area (Å²) in [6, 6.07) is 2.73. The van der Waals surface area contributed by atoms with E-state index in [0.29, 0.717) is 19.5 Å². The lowest BCUT2D eigenvalue weighted by Gasteiger charge is -2.42. The molecule has 0 spiro atoms. The van der Waals surface area contributed by atoms with Crippen molar-refractivity contribution in [2.24, 2.45) is 0 Å². The van der Waals surface area contributed by atoms with Crippen LogP contribution in [0.4, 0.5) is 8.78 Å². The molecule has 2 atom stereocenters. The van der Waals surface area contributed by atoms with Gasteiger partial charge in [0.2, 0.25) is 0 Å².